The lowest BCUT2D eigenvalue weighted by Crippen LogP contribution is -2.29. The van der Waals surface area contributed by atoms with Crippen molar-refractivity contribution in [2.45, 2.75) is 24.9 Å². The largest absolute Gasteiger partial charge is 0.346 e. The highest BCUT2D eigenvalue weighted by Gasteiger charge is 2.14. The number of hydrogen-bond acceptors (Lipinski definition) is 5. The second kappa shape index (κ2) is 9.57. The van der Waals surface area contributed by atoms with Crippen LogP contribution in [-0.4, -0.2) is 26.4 Å². The zero-order chi connectivity index (χ0) is 21.6. The maximum atomic E-state index is 12.9. The molecule has 0 atom stereocenters. The number of pyridine rings is 1. The first-order chi connectivity index (χ1) is 15.2. The van der Waals surface area contributed by atoms with Crippen LogP contribution in [0, 0.1) is 0 Å². The minimum absolute atomic E-state index is 0.162. The van der Waals surface area contributed by atoms with E-state index in [4.69, 9.17) is 0 Å². The average Bonchev–Trinajstić information content (AvgIpc) is 2.81. The smallest absolute Gasteiger partial charge is 0.275 e. The Balaban J connectivity index is 1.65. The zero-order valence-corrected chi connectivity index (χ0v) is 17.9. The van der Waals surface area contributed by atoms with Crippen LogP contribution in [0.15, 0.2) is 82.6 Å². The summed E-state index contributed by atoms with van der Waals surface area (Å²) < 4.78 is 1.41. The van der Waals surface area contributed by atoms with E-state index in [2.05, 4.69) is 22.3 Å². The quantitative estimate of drug-likeness (QED) is 0.450. The van der Waals surface area contributed by atoms with Crippen LogP contribution in [-0.2, 0) is 13.1 Å². The van der Waals surface area contributed by atoms with Crippen molar-refractivity contribution in [2.75, 3.05) is 5.75 Å². The van der Waals surface area contributed by atoms with Gasteiger partial charge in [0.05, 0.1) is 35.4 Å². The molecule has 0 fully saturated rings. The Labute approximate surface area is 184 Å². The van der Waals surface area contributed by atoms with E-state index >= 15 is 0 Å². The van der Waals surface area contributed by atoms with Crippen LogP contribution < -0.4 is 10.9 Å². The van der Waals surface area contributed by atoms with Crippen molar-refractivity contribution >= 4 is 28.4 Å². The fourth-order valence-corrected chi connectivity index (χ4v) is 4.18. The van der Waals surface area contributed by atoms with E-state index in [9.17, 15) is 9.59 Å². The molecule has 0 aliphatic heterocycles. The van der Waals surface area contributed by atoms with Crippen LogP contribution in [0.4, 0.5) is 0 Å². The monoisotopic (exact) mass is 430 g/mol. The molecular formula is C24H22N4O2S. The van der Waals surface area contributed by atoms with Crippen molar-refractivity contribution in [2.24, 2.45) is 0 Å². The lowest BCUT2D eigenvalue weighted by molar-refractivity contribution is 0.0947. The average molecular weight is 431 g/mol. The molecule has 31 heavy (non-hydrogen) atoms. The molecule has 0 bridgehead atoms. The van der Waals surface area contributed by atoms with E-state index in [1.165, 1.54) is 4.68 Å². The Bertz CT molecular complexity index is 1270. The summed E-state index contributed by atoms with van der Waals surface area (Å²) in [5.74, 6) is 0.722. The molecule has 2 heterocycles. The van der Waals surface area contributed by atoms with Gasteiger partial charge in [-0.25, -0.2) is 4.68 Å². The van der Waals surface area contributed by atoms with Gasteiger partial charge in [0.15, 0.2) is 0 Å². The van der Waals surface area contributed by atoms with Gasteiger partial charge in [0.25, 0.3) is 11.5 Å². The summed E-state index contributed by atoms with van der Waals surface area (Å²) in [7, 11) is 0. The first kappa shape index (κ1) is 20.8. The molecule has 0 saturated carbocycles. The van der Waals surface area contributed by atoms with Gasteiger partial charge in [0.1, 0.15) is 0 Å². The summed E-state index contributed by atoms with van der Waals surface area (Å²) in [6.07, 6.45) is 1.69. The normalized spacial score (nSPS) is 10.9. The minimum Gasteiger partial charge on any atom is -0.346 e. The van der Waals surface area contributed by atoms with Crippen molar-refractivity contribution in [3.05, 3.63) is 100 Å². The molecule has 4 rings (SSSR count). The Morgan fingerprint density at radius 2 is 1.74 bits per heavy atom. The predicted octanol–water partition coefficient (Wildman–Crippen LogP) is 3.88. The highest BCUT2D eigenvalue weighted by molar-refractivity contribution is 7.99. The van der Waals surface area contributed by atoms with Crippen molar-refractivity contribution in [3.63, 3.8) is 0 Å². The Morgan fingerprint density at radius 3 is 2.52 bits per heavy atom. The molecule has 0 radical (unpaired) electrons. The number of rotatable bonds is 7. The van der Waals surface area contributed by atoms with E-state index in [-0.39, 0.29) is 24.6 Å². The molecule has 1 amide bonds. The highest BCUT2D eigenvalue weighted by atomic mass is 32.2. The first-order valence-electron chi connectivity index (χ1n) is 10.1. The van der Waals surface area contributed by atoms with E-state index < -0.39 is 0 Å². The molecule has 4 aromatic rings. The standard InChI is InChI=1S/C24H22N4O2S/c1-2-31-22-13-6-5-12-20(22)23(29)26-15-21-18-10-3-4-11-19(18)24(30)28(27-21)16-17-9-7-8-14-25-17/h3-14H,2,15-16H2,1H3,(H,26,29). The second-order valence-corrected chi connectivity index (χ2v) is 8.19. The van der Waals surface area contributed by atoms with Crippen LogP contribution in [0.3, 0.4) is 0 Å². The highest BCUT2D eigenvalue weighted by Crippen LogP contribution is 2.22. The molecular weight excluding hydrogens is 408 g/mol. The number of aromatic nitrogens is 3. The molecule has 6 nitrogen and oxygen atoms in total. The fraction of sp³-hybridized carbons (Fsp3) is 0.167. The number of thioether (sulfide) groups is 1. The van der Waals surface area contributed by atoms with Crippen LogP contribution >= 0.6 is 11.8 Å². The minimum atomic E-state index is -0.180. The van der Waals surface area contributed by atoms with Gasteiger partial charge in [-0.05, 0) is 36.1 Å². The molecule has 0 aliphatic rings. The van der Waals surface area contributed by atoms with Crippen molar-refractivity contribution in [1.29, 1.82) is 0 Å². The lowest BCUT2D eigenvalue weighted by Gasteiger charge is -2.13. The van der Waals surface area contributed by atoms with Crippen LogP contribution in [0.1, 0.15) is 28.7 Å². The molecule has 2 aromatic heterocycles. The number of carbonyl (C=O) groups excluding carboxylic acids is 1. The molecule has 1 N–H and O–H groups in total. The third kappa shape index (κ3) is 4.67. The molecule has 0 unspecified atom stereocenters. The maximum absolute atomic E-state index is 12.9. The van der Waals surface area contributed by atoms with Crippen LogP contribution in [0.5, 0.6) is 0 Å². The van der Waals surface area contributed by atoms with Crippen LogP contribution in [0.2, 0.25) is 0 Å². The number of benzene rings is 2. The molecule has 156 valence electrons. The predicted molar refractivity (Wildman–Crippen MR) is 123 cm³/mol. The molecule has 0 aliphatic carbocycles. The van der Waals surface area contributed by atoms with E-state index in [0.29, 0.717) is 16.6 Å². The number of hydrogen-bond donors (Lipinski definition) is 1. The van der Waals surface area contributed by atoms with Gasteiger partial charge in [0.2, 0.25) is 0 Å². The van der Waals surface area contributed by atoms with Gasteiger partial charge in [0, 0.05) is 16.5 Å². The third-order valence-electron chi connectivity index (χ3n) is 4.83. The Kier molecular flexibility index (Phi) is 6.43. The van der Waals surface area contributed by atoms with E-state index in [1.807, 2.05) is 60.7 Å². The summed E-state index contributed by atoms with van der Waals surface area (Å²) in [6.45, 7) is 2.54. The molecule has 7 heteroatoms. The van der Waals surface area contributed by atoms with Gasteiger partial charge in [-0.2, -0.15) is 5.10 Å². The fourth-order valence-electron chi connectivity index (χ4n) is 3.38. The van der Waals surface area contributed by atoms with Gasteiger partial charge >= 0.3 is 0 Å². The van der Waals surface area contributed by atoms with Crippen molar-refractivity contribution < 1.29 is 4.79 Å². The van der Waals surface area contributed by atoms with Gasteiger partial charge in [-0.3, -0.25) is 14.6 Å². The number of nitrogens with one attached hydrogen (secondary N) is 1. The summed E-state index contributed by atoms with van der Waals surface area (Å²) in [4.78, 5) is 31.0. The zero-order valence-electron chi connectivity index (χ0n) is 17.1. The summed E-state index contributed by atoms with van der Waals surface area (Å²) >= 11 is 1.63. The molecule has 0 spiro atoms. The van der Waals surface area contributed by atoms with E-state index in [0.717, 1.165) is 21.7 Å². The second-order valence-electron chi connectivity index (χ2n) is 6.89. The molecule has 0 saturated heterocycles. The topological polar surface area (TPSA) is 76.9 Å². The molecule has 2 aromatic carbocycles. The van der Waals surface area contributed by atoms with Gasteiger partial charge < -0.3 is 5.32 Å². The third-order valence-corrected chi connectivity index (χ3v) is 5.79. The summed E-state index contributed by atoms with van der Waals surface area (Å²) in [5.41, 5.74) is 1.84. The van der Waals surface area contributed by atoms with E-state index in [1.54, 1.807) is 24.0 Å². The van der Waals surface area contributed by atoms with Gasteiger partial charge in [-0.15, -0.1) is 11.8 Å². The van der Waals surface area contributed by atoms with Crippen molar-refractivity contribution in [3.8, 4) is 0 Å². The number of fused-ring (bicyclic) bond motifs is 1. The van der Waals surface area contributed by atoms with Crippen molar-refractivity contribution in [1.82, 2.24) is 20.1 Å². The Morgan fingerprint density at radius 1 is 1.00 bits per heavy atom. The maximum Gasteiger partial charge on any atom is 0.275 e. The summed E-state index contributed by atoms with van der Waals surface area (Å²) in [5, 5.41) is 8.84. The van der Waals surface area contributed by atoms with Crippen LogP contribution in [0.25, 0.3) is 10.8 Å². The lowest BCUT2D eigenvalue weighted by atomic mass is 10.1. The van der Waals surface area contributed by atoms with Gasteiger partial charge in [-0.1, -0.05) is 43.3 Å². The SMILES string of the molecule is CCSc1ccccc1C(=O)NCc1nn(Cc2ccccn2)c(=O)c2ccccc12. The number of nitrogens with zero attached hydrogens (tertiary/aromatic N) is 3. The first-order valence-corrected chi connectivity index (χ1v) is 11.0. The Hall–Kier alpha value is -3.45. The number of amides is 1. The summed E-state index contributed by atoms with van der Waals surface area (Å²) in [6, 6.07) is 20.5. The number of carbonyl (C=O) groups is 1.